The first kappa shape index (κ1) is 28.5. The predicted octanol–water partition coefficient (Wildman–Crippen LogP) is -1.08. The summed E-state index contributed by atoms with van der Waals surface area (Å²) in [6.07, 6.45) is -5.19. The van der Waals surface area contributed by atoms with Crippen molar-refractivity contribution < 1.29 is 52.5 Å². The summed E-state index contributed by atoms with van der Waals surface area (Å²) in [5, 5.41) is 12.1. The van der Waals surface area contributed by atoms with Crippen molar-refractivity contribution in [3.63, 3.8) is 0 Å². The quantitative estimate of drug-likeness (QED) is 0.135. The fraction of sp³-hybridized carbons (Fsp3) is 0.929. The average Bonchev–Trinajstić information content (AvgIpc) is 2.64. The number of rotatable bonds is 17. The molecule has 3 N–H and O–H groups in total. The van der Waals surface area contributed by atoms with Gasteiger partial charge in [0.15, 0.2) is 0 Å². The Morgan fingerprint density at radius 2 is 1.18 bits per heavy atom. The SMILES string of the molecule is O=C([O-])C(F)(F)F.[N-]=[N+]=NCCOCCOCCOCCOCCOCC[NH3+]. The molecule has 0 fully saturated rings. The minimum atomic E-state index is -5.19. The molecule has 0 saturated carbocycles. The molecule has 0 aromatic rings. The van der Waals surface area contributed by atoms with Crippen LogP contribution in [-0.2, 0) is 28.5 Å². The van der Waals surface area contributed by atoms with Crippen LogP contribution in [0.2, 0.25) is 0 Å². The molecule has 11 nitrogen and oxygen atoms in total. The van der Waals surface area contributed by atoms with Gasteiger partial charge in [0.1, 0.15) is 5.97 Å². The summed E-state index contributed by atoms with van der Waals surface area (Å²) in [5.41, 5.74) is 11.7. The fourth-order valence-corrected chi connectivity index (χ4v) is 1.23. The zero-order valence-corrected chi connectivity index (χ0v) is 15.5. The molecule has 0 aliphatic heterocycles. The van der Waals surface area contributed by atoms with E-state index in [1.165, 1.54) is 0 Å². The smallest absolute Gasteiger partial charge is 0.430 e. The van der Waals surface area contributed by atoms with Crippen molar-refractivity contribution in [3.8, 4) is 0 Å². The summed E-state index contributed by atoms with van der Waals surface area (Å²) in [6.45, 7) is 6.51. The van der Waals surface area contributed by atoms with Crippen molar-refractivity contribution in [3.05, 3.63) is 10.4 Å². The number of hydrogen-bond donors (Lipinski definition) is 1. The molecule has 0 atom stereocenters. The van der Waals surface area contributed by atoms with E-state index in [-0.39, 0.29) is 0 Å². The number of carboxylic acid groups (broad SMARTS) is 1. The van der Waals surface area contributed by atoms with Crippen LogP contribution in [0.3, 0.4) is 0 Å². The Bertz CT molecular complexity index is 411. The van der Waals surface area contributed by atoms with Gasteiger partial charge in [-0.25, -0.2) is 0 Å². The lowest BCUT2D eigenvalue weighted by molar-refractivity contribution is -0.374. The molecular weight excluding hydrogens is 393 g/mol. The highest BCUT2D eigenvalue weighted by molar-refractivity contribution is 5.70. The van der Waals surface area contributed by atoms with Gasteiger partial charge in [-0.15, -0.1) is 0 Å². The minimum Gasteiger partial charge on any atom is -0.542 e. The third kappa shape index (κ3) is 26.6. The van der Waals surface area contributed by atoms with Gasteiger partial charge in [0.05, 0.1) is 72.6 Å². The molecule has 0 aromatic carbocycles. The molecule has 0 rings (SSSR count). The number of hydrogen-bond acceptors (Lipinski definition) is 8. The maximum atomic E-state index is 10.5. The van der Waals surface area contributed by atoms with Crippen LogP contribution in [0.4, 0.5) is 13.2 Å². The minimum absolute atomic E-state index is 0.347. The normalized spacial score (nSPS) is 10.7. The largest absolute Gasteiger partial charge is 0.542 e. The standard InChI is InChI=1S/C12H26N4O5.C2HF3O2/c13-1-3-17-5-7-19-9-11-21-12-10-20-8-6-18-4-2-15-16-14;3-2(4,5)1(6)7/h1-13H2;(H,6,7). The van der Waals surface area contributed by atoms with E-state index in [1.54, 1.807) is 0 Å². The summed E-state index contributed by atoms with van der Waals surface area (Å²) in [6, 6.07) is 0. The van der Waals surface area contributed by atoms with E-state index in [9.17, 15) is 13.2 Å². The highest BCUT2D eigenvalue weighted by Gasteiger charge is 2.28. The lowest BCUT2D eigenvalue weighted by atomic mass is 10.6. The van der Waals surface area contributed by atoms with E-state index in [0.29, 0.717) is 72.6 Å². The van der Waals surface area contributed by atoms with Crippen LogP contribution in [-0.4, -0.2) is 91.3 Å². The van der Waals surface area contributed by atoms with Gasteiger partial charge in [0.25, 0.3) is 0 Å². The number of alkyl halides is 3. The molecule has 0 heterocycles. The van der Waals surface area contributed by atoms with Gasteiger partial charge in [0.2, 0.25) is 0 Å². The molecule has 0 aliphatic carbocycles. The number of nitrogens with zero attached hydrogens (tertiary/aromatic N) is 3. The second-order valence-electron chi connectivity index (χ2n) is 4.66. The third-order valence-corrected chi connectivity index (χ3v) is 2.41. The molecule has 0 amide bonds. The lowest BCUT2D eigenvalue weighted by Crippen LogP contribution is -2.52. The molecule has 0 aliphatic rings. The van der Waals surface area contributed by atoms with E-state index < -0.39 is 12.1 Å². The number of carboxylic acids is 1. The Balaban J connectivity index is 0. The van der Waals surface area contributed by atoms with E-state index in [1.807, 2.05) is 0 Å². The van der Waals surface area contributed by atoms with Crippen molar-refractivity contribution in [2.45, 2.75) is 6.18 Å². The molecule has 14 heteroatoms. The number of ether oxygens (including phenoxy) is 5. The Morgan fingerprint density at radius 3 is 1.46 bits per heavy atom. The number of azide groups is 1. The number of quaternary nitrogens is 1. The second-order valence-corrected chi connectivity index (χ2v) is 4.66. The maximum Gasteiger partial charge on any atom is 0.430 e. The second kappa shape index (κ2) is 21.6. The van der Waals surface area contributed by atoms with Crippen LogP contribution >= 0.6 is 0 Å². The maximum absolute atomic E-state index is 10.5. The number of halogens is 3. The Kier molecular flexibility index (Phi) is 22.0. The monoisotopic (exact) mass is 420 g/mol. The van der Waals surface area contributed by atoms with E-state index in [2.05, 4.69) is 15.8 Å². The molecule has 0 bridgehead atoms. The summed E-state index contributed by atoms with van der Waals surface area (Å²) >= 11 is 0. The van der Waals surface area contributed by atoms with Crippen molar-refractivity contribution in [2.75, 3.05) is 79.2 Å². The van der Waals surface area contributed by atoms with Gasteiger partial charge >= 0.3 is 6.18 Å². The van der Waals surface area contributed by atoms with Crippen LogP contribution in [0.15, 0.2) is 5.11 Å². The van der Waals surface area contributed by atoms with Gasteiger partial charge < -0.3 is 39.3 Å². The van der Waals surface area contributed by atoms with Gasteiger partial charge in [0, 0.05) is 11.5 Å². The van der Waals surface area contributed by atoms with Gasteiger partial charge in [-0.1, -0.05) is 5.11 Å². The van der Waals surface area contributed by atoms with Crippen LogP contribution in [0, 0.1) is 0 Å². The van der Waals surface area contributed by atoms with Crippen molar-refractivity contribution in [2.24, 2.45) is 5.11 Å². The molecule has 0 unspecified atom stereocenters. The summed E-state index contributed by atoms with van der Waals surface area (Å²) in [7, 11) is 0. The molecular formula is C14H27F3N4O7. The molecule has 0 spiro atoms. The zero-order valence-electron chi connectivity index (χ0n) is 15.5. The summed E-state index contributed by atoms with van der Waals surface area (Å²) in [5.74, 6) is -3.01. The fourth-order valence-electron chi connectivity index (χ4n) is 1.23. The number of aliphatic carboxylic acids is 1. The molecule has 28 heavy (non-hydrogen) atoms. The highest BCUT2D eigenvalue weighted by atomic mass is 19.4. The summed E-state index contributed by atoms with van der Waals surface area (Å²) < 4.78 is 57.9. The number of carbonyl (C=O) groups excluding carboxylic acids is 1. The first-order chi connectivity index (χ1) is 13.4. The summed E-state index contributed by atoms with van der Waals surface area (Å²) in [4.78, 5) is 11.4. The van der Waals surface area contributed by atoms with Gasteiger partial charge in [-0.3, -0.25) is 0 Å². The third-order valence-electron chi connectivity index (χ3n) is 2.41. The van der Waals surface area contributed by atoms with E-state index in [0.717, 1.165) is 6.54 Å². The molecule has 166 valence electrons. The van der Waals surface area contributed by atoms with Crippen LogP contribution in [0.5, 0.6) is 0 Å². The highest BCUT2D eigenvalue weighted by Crippen LogP contribution is 2.11. The van der Waals surface area contributed by atoms with Gasteiger partial charge in [-0.05, 0) is 5.53 Å². The van der Waals surface area contributed by atoms with Gasteiger partial charge in [-0.2, -0.15) is 13.2 Å². The molecule has 0 saturated heterocycles. The zero-order chi connectivity index (χ0) is 21.5. The Morgan fingerprint density at radius 1 is 0.857 bits per heavy atom. The average molecular weight is 420 g/mol. The Labute approximate surface area is 160 Å². The van der Waals surface area contributed by atoms with Crippen molar-refractivity contribution >= 4 is 5.97 Å². The first-order valence-corrected chi connectivity index (χ1v) is 8.33. The predicted molar refractivity (Wildman–Crippen MR) is 86.9 cm³/mol. The van der Waals surface area contributed by atoms with Crippen LogP contribution in [0.25, 0.3) is 10.4 Å². The van der Waals surface area contributed by atoms with E-state index >= 15 is 0 Å². The molecule has 0 radical (unpaired) electrons. The molecule has 0 aromatic heterocycles. The topological polar surface area (TPSA) is 163 Å². The van der Waals surface area contributed by atoms with Crippen LogP contribution < -0.4 is 10.8 Å². The van der Waals surface area contributed by atoms with Crippen LogP contribution in [0.1, 0.15) is 0 Å². The van der Waals surface area contributed by atoms with Crippen molar-refractivity contribution in [1.29, 1.82) is 0 Å². The van der Waals surface area contributed by atoms with Crippen molar-refractivity contribution in [1.82, 2.24) is 0 Å². The number of carbonyl (C=O) groups is 1. The Hall–Kier alpha value is -1.67. The van der Waals surface area contributed by atoms with E-state index in [4.69, 9.17) is 39.1 Å². The first-order valence-electron chi connectivity index (χ1n) is 8.33. The lowest BCUT2D eigenvalue weighted by Gasteiger charge is -2.07.